The second kappa shape index (κ2) is 6.08. The molecule has 0 aromatic heterocycles. The molecule has 1 amide bonds. The normalized spacial score (nSPS) is 13.7. The van der Waals surface area contributed by atoms with Crippen LogP contribution in [0.5, 0.6) is 0 Å². The van der Waals surface area contributed by atoms with Gasteiger partial charge in [-0.1, -0.05) is 20.8 Å². The fraction of sp³-hybridized carbons (Fsp3) is 0.909. The van der Waals surface area contributed by atoms with E-state index in [9.17, 15) is 4.79 Å². The van der Waals surface area contributed by atoms with Gasteiger partial charge in [0.05, 0.1) is 12.6 Å². The molecule has 0 bridgehead atoms. The molecule has 0 aromatic carbocycles. The minimum Gasteiger partial charge on any atom is -0.380 e. The van der Waals surface area contributed by atoms with Crippen LogP contribution >= 0.6 is 0 Å². The van der Waals surface area contributed by atoms with Gasteiger partial charge in [-0.3, -0.25) is 4.79 Å². The Hall–Kier alpha value is -0.610. The summed E-state index contributed by atoms with van der Waals surface area (Å²) in [5, 5.41) is 0. The first-order valence-electron chi connectivity index (χ1n) is 5.39. The molecule has 0 aliphatic heterocycles. The highest BCUT2D eigenvalue weighted by Crippen LogP contribution is 2.18. The Balaban J connectivity index is 4.09. The number of hydrogen-bond donors (Lipinski definition) is 1. The first kappa shape index (κ1) is 14.4. The largest absolute Gasteiger partial charge is 0.380 e. The molecule has 0 aromatic rings. The summed E-state index contributed by atoms with van der Waals surface area (Å²) >= 11 is 0. The van der Waals surface area contributed by atoms with Crippen LogP contribution in [0.2, 0.25) is 0 Å². The van der Waals surface area contributed by atoms with Gasteiger partial charge in [0.2, 0.25) is 5.91 Å². The maximum absolute atomic E-state index is 11.8. The van der Waals surface area contributed by atoms with Gasteiger partial charge in [0.25, 0.3) is 0 Å². The van der Waals surface area contributed by atoms with Gasteiger partial charge >= 0.3 is 0 Å². The van der Waals surface area contributed by atoms with Crippen molar-refractivity contribution in [1.82, 2.24) is 4.90 Å². The maximum atomic E-state index is 11.8. The summed E-state index contributed by atoms with van der Waals surface area (Å²) in [6.07, 6.45) is 0. The lowest BCUT2D eigenvalue weighted by molar-refractivity contribution is -0.134. The van der Waals surface area contributed by atoms with Gasteiger partial charge in [0, 0.05) is 20.2 Å². The van der Waals surface area contributed by atoms with Gasteiger partial charge in [-0.25, -0.2) is 0 Å². The van der Waals surface area contributed by atoms with Crippen molar-refractivity contribution in [3.63, 3.8) is 0 Å². The third-order valence-corrected chi connectivity index (χ3v) is 2.35. The molecule has 90 valence electrons. The smallest absolute Gasteiger partial charge is 0.239 e. The fourth-order valence-electron chi connectivity index (χ4n) is 1.06. The first-order valence-corrected chi connectivity index (χ1v) is 5.39. The molecule has 0 aliphatic carbocycles. The van der Waals surface area contributed by atoms with E-state index in [-0.39, 0.29) is 11.3 Å². The SMILES string of the molecule is CCOCCN(C)C(=O)[C@@H](N)C(C)(C)C. The predicted octanol–water partition coefficient (Wildman–Crippen LogP) is 0.855. The highest BCUT2D eigenvalue weighted by Gasteiger charge is 2.29. The average Bonchev–Trinajstić information content (AvgIpc) is 2.14. The van der Waals surface area contributed by atoms with Gasteiger partial charge in [-0.15, -0.1) is 0 Å². The molecule has 0 heterocycles. The summed E-state index contributed by atoms with van der Waals surface area (Å²) in [7, 11) is 1.76. The van der Waals surface area contributed by atoms with Crippen molar-refractivity contribution in [2.24, 2.45) is 11.1 Å². The molecule has 0 saturated heterocycles. The third-order valence-electron chi connectivity index (χ3n) is 2.35. The van der Waals surface area contributed by atoms with Gasteiger partial charge in [0.1, 0.15) is 0 Å². The second-order valence-corrected chi connectivity index (χ2v) is 4.80. The van der Waals surface area contributed by atoms with Crippen LogP contribution in [0.1, 0.15) is 27.7 Å². The number of rotatable bonds is 5. The molecular formula is C11H24N2O2. The van der Waals surface area contributed by atoms with E-state index in [1.165, 1.54) is 0 Å². The number of nitrogens with two attached hydrogens (primary N) is 1. The van der Waals surface area contributed by atoms with E-state index in [0.29, 0.717) is 19.8 Å². The topological polar surface area (TPSA) is 55.6 Å². The van der Waals surface area contributed by atoms with E-state index in [1.54, 1.807) is 11.9 Å². The Labute approximate surface area is 92.8 Å². The summed E-state index contributed by atoms with van der Waals surface area (Å²) in [5.74, 6) is -0.0257. The molecule has 1 atom stereocenters. The Morgan fingerprint density at radius 3 is 2.40 bits per heavy atom. The quantitative estimate of drug-likeness (QED) is 0.693. The van der Waals surface area contributed by atoms with E-state index in [4.69, 9.17) is 10.5 Å². The van der Waals surface area contributed by atoms with Gasteiger partial charge < -0.3 is 15.4 Å². The zero-order valence-corrected chi connectivity index (χ0v) is 10.5. The van der Waals surface area contributed by atoms with Gasteiger partial charge in [0.15, 0.2) is 0 Å². The van der Waals surface area contributed by atoms with E-state index in [0.717, 1.165) is 0 Å². The summed E-state index contributed by atoms with van der Waals surface area (Å²) < 4.78 is 5.18. The number of nitrogens with zero attached hydrogens (tertiary/aromatic N) is 1. The maximum Gasteiger partial charge on any atom is 0.239 e. The number of likely N-dealkylation sites (N-methyl/N-ethyl adjacent to an activating group) is 1. The Morgan fingerprint density at radius 2 is 2.00 bits per heavy atom. The average molecular weight is 216 g/mol. The second-order valence-electron chi connectivity index (χ2n) is 4.80. The summed E-state index contributed by atoms with van der Waals surface area (Å²) in [6, 6.07) is -0.455. The van der Waals surface area contributed by atoms with Crippen molar-refractivity contribution in [3.05, 3.63) is 0 Å². The number of carbonyl (C=O) groups excluding carboxylic acids is 1. The highest BCUT2D eigenvalue weighted by molar-refractivity contribution is 5.82. The number of ether oxygens (including phenoxy) is 1. The molecule has 0 spiro atoms. The predicted molar refractivity (Wildman–Crippen MR) is 61.6 cm³/mol. The standard InChI is InChI=1S/C11H24N2O2/c1-6-15-8-7-13(5)10(14)9(12)11(2,3)4/h9H,6-8,12H2,1-5H3/t9-/m1/s1. The lowest BCUT2D eigenvalue weighted by Gasteiger charge is -2.29. The van der Waals surface area contributed by atoms with E-state index >= 15 is 0 Å². The van der Waals surface area contributed by atoms with Crippen molar-refractivity contribution in [2.45, 2.75) is 33.7 Å². The molecule has 15 heavy (non-hydrogen) atoms. The van der Waals surface area contributed by atoms with Crippen LogP contribution in [0.4, 0.5) is 0 Å². The Bertz CT molecular complexity index is 199. The molecule has 2 N–H and O–H groups in total. The molecule has 4 nitrogen and oxygen atoms in total. The highest BCUT2D eigenvalue weighted by atomic mass is 16.5. The Kier molecular flexibility index (Phi) is 5.83. The number of hydrogen-bond acceptors (Lipinski definition) is 3. The molecule has 0 saturated carbocycles. The van der Waals surface area contributed by atoms with Gasteiger partial charge in [-0.05, 0) is 12.3 Å². The number of carbonyl (C=O) groups is 1. The van der Waals surface area contributed by atoms with Crippen LogP contribution in [-0.2, 0) is 9.53 Å². The fourth-order valence-corrected chi connectivity index (χ4v) is 1.06. The molecule has 4 heteroatoms. The molecule has 0 radical (unpaired) electrons. The summed E-state index contributed by atoms with van der Waals surface area (Å²) in [6.45, 7) is 9.66. The lowest BCUT2D eigenvalue weighted by Crippen LogP contribution is -2.49. The Morgan fingerprint density at radius 1 is 1.47 bits per heavy atom. The molecule has 0 fully saturated rings. The summed E-state index contributed by atoms with van der Waals surface area (Å²) in [5.41, 5.74) is 5.67. The van der Waals surface area contributed by atoms with Crippen LogP contribution in [-0.4, -0.2) is 43.7 Å². The van der Waals surface area contributed by atoms with Crippen LogP contribution in [0.25, 0.3) is 0 Å². The molecule has 0 unspecified atom stereocenters. The minimum atomic E-state index is -0.455. The third kappa shape index (κ3) is 5.14. The van der Waals surface area contributed by atoms with Crippen LogP contribution in [0.3, 0.4) is 0 Å². The molecule has 0 aliphatic rings. The zero-order chi connectivity index (χ0) is 12.1. The first-order chi connectivity index (χ1) is 6.80. The summed E-state index contributed by atoms with van der Waals surface area (Å²) in [4.78, 5) is 13.5. The van der Waals surface area contributed by atoms with E-state index in [1.807, 2.05) is 27.7 Å². The van der Waals surface area contributed by atoms with Crippen molar-refractivity contribution in [2.75, 3.05) is 26.8 Å². The zero-order valence-electron chi connectivity index (χ0n) is 10.5. The molecular weight excluding hydrogens is 192 g/mol. The minimum absolute atomic E-state index is 0.0257. The van der Waals surface area contributed by atoms with Crippen LogP contribution < -0.4 is 5.73 Å². The number of amides is 1. The lowest BCUT2D eigenvalue weighted by atomic mass is 9.86. The van der Waals surface area contributed by atoms with Crippen LogP contribution in [0, 0.1) is 5.41 Å². The van der Waals surface area contributed by atoms with Crippen molar-refractivity contribution >= 4 is 5.91 Å². The van der Waals surface area contributed by atoms with Crippen LogP contribution in [0.15, 0.2) is 0 Å². The van der Waals surface area contributed by atoms with Crippen molar-refractivity contribution in [3.8, 4) is 0 Å². The van der Waals surface area contributed by atoms with Crippen molar-refractivity contribution in [1.29, 1.82) is 0 Å². The monoisotopic (exact) mass is 216 g/mol. The van der Waals surface area contributed by atoms with E-state index in [2.05, 4.69) is 0 Å². The van der Waals surface area contributed by atoms with E-state index < -0.39 is 6.04 Å². The molecule has 0 rings (SSSR count). The van der Waals surface area contributed by atoms with Gasteiger partial charge in [-0.2, -0.15) is 0 Å². The van der Waals surface area contributed by atoms with Crippen molar-refractivity contribution < 1.29 is 9.53 Å².